The minimum Gasteiger partial charge on any atom is -0.362 e. The molecular weight excluding hydrogens is 332 g/mol. The zero-order valence-electron chi connectivity index (χ0n) is 15.2. The Bertz CT molecular complexity index is 691. The van der Waals surface area contributed by atoms with Crippen LogP contribution in [-0.2, 0) is 20.8 Å². The van der Waals surface area contributed by atoms with Gasteiger partial charge in [0.25, 0.3) is 5.91 Å². The number of hydrazine groups is 1. The van der Waals surface area contributed by atoms with E-state index in [1.807, 2.05) is 23.1 Å². The average Bonchev–Trinajstić information content (AvgIpc) is 2.66. The van der Waals surface area contributed by atoms with Crippen molar-refractivity contribution in [1.29, 1.82) is 0 Å². The first-order valence-electron chi connectivity index (χ1n) is 9.21. The Balaban J connectivity index is 1.49. The monoisotopic (exact) mass is 358 g/mol. The van der Waals surface area contributed by atoms with Gasteiger partial charge in [-0.25, -0.2) is 0 Å². The second-order valence-corrected chi connectivity index (χ2v) is 7.00. The Hall–Kier alpha value is -2.57. The molecule has 2 aliphatic heterocycles. The zero-order valence-corrected chi connectivity index (χ0v) is 15.2. The van der Waals surface area contributed by atoms with Gasteiger partial charge in [-0.15, -0.1) is 0 Å². The molecule has 0 radical (unpaired) electrons. The molecule has 1 atom stereocenters. The molecule has 0 aliphatic carbocycles. The van der Waals surface area contributed by atoms with Crippen LogP contribution in [0.25, 0.3) is 0 Å². The van der Waals surface area contributed by atoms with Crippen molar-refractivity contribution in [3.63, 3.8) is 0 Å². The van der Waals surface area contributed by atoms with E-state index in [0.717, 1.165) is 37.9 Å². The number of hydrogen-bond acceptors (Lipinski definition) is 4. The number of fused-ring (bicyclic) bond motifs is 1. The van der Waals surface area contributed by atoms with Gasteiger partial charge in [-0.1, -0.05) is 18.2 Å². The maximum atomic E-state index is 12.3. The maximum Gasteiger partial charge on any atom is 0.257 e. The summed E-state index contributed by atoms with van der Waals surface area (Å²) in [6, 6.07) is 8.10. The first-order valence-corrected chi connectivity index (χ1v) is 9.21. The van der Waals surface area contributed by atoms with Crippen LogP contribution in [0.1, 0.15) is 31.7 Å². The summed E-state index contributed by atoms with van der Waals surface area (Å²) in [4.78, 5) is 39.7. The van der Waals surface area contributed by atoms with Crippen molar-refractivity contribution in [2.45, 2.75) is 32.6 Å². The fraction of sp³-hybridized carbons (Fsp3) is 0.526. The van der Waals surface area contributed by atoms with Gasteiger partial charge in [0.1, 0.15) is 0 Å². The van der Waals surface area contributed by atoms with E-state index in [4.69, 9.17) is 0 Å². The van der Waals surface area contributed by atoms with Crippen LogP contribution in [0.4, 0.5) is 5.69 Å². The van der Waals surface area contributed by atoms with Crippen LogP contribution in [0.15, 0.2) is 24.3 Å². The Labute approximate surface area is 153 Å². The van der Waals surface area contributed by atoms with E-state index in [9.17, 15) is 14.4 Å². The standard InChI is InChI=1S/C19H26N4O3/c1-14(24)22-10-5-8-16(12-22)19(26)21-20-18(25)13-23-11-4-7-15-6-2-3-9-17(15)23/h2-3,6,9,16H,4-5,7-8,10-13H2,1H3,(H,20,25)(H,21,26)/t16-/m0/s1. The molecule has 7 heteroatoms. The first kappa shape index (κ1) is 18.2. The number of nitrogens with one attached hydrogen (secondary N) is 2. The number of aryl methyl sites for hydroxylation is 1. The summed E-state index contributed by atoms with van der Waals surface area (Å²) >= 11 is 0. The van der Waals surface area contributed by atoms with Crippen LogP contribution in [0, 0.1) is 5.92 Å². The van der Waals surface area contributed by atoms with Crippen molar-refractivity contribution in [2.75, 3.05) is 31.1 Å². The number of piperidine rings is 1. The lowest BCUT2D eigenvalue weighted by atomic mass is 9.97. The quantitative estimate of drug-likeness (QED) is 0.785. The van der Waals surface area contributed by atoms with Gasteiger partial charge in [0.05, 0.1) is 12.5 Å². The van der Waals surface area contributed by atoms with E-state index in [1.54, 1.807) is 4.90 Å². The molecule has 0 spiro atoms. The van der Waals surface area contributed by atoms with Crippen molar-refractivity contribution in [3.05, 3.63) is 29.8 Å². The highest BCUT2D eigenvalue weighted by molar-refractivity contribution is 5.86. The fourth-order valence-electron chi connectivity index (χ4n) is 3.70. The molecule has 26 heavy (non-hydrogen) atoms. The van der Waals surface area contributed by atoms with Gasteiger partial charge in [0.2, 0.25) is 11.8 Å². The van der Waals surface area contributed by atoms with E-state index in [2.05, 4.69) is 16.9 Å². The Morgan fingerprint density at radius 1 is 1.12 bits per heavy atom. The molecule has 1 aromatic rings. The average molecular weight is 358 g/mol. The SMILES string of the molecule is CC(=O)N1CCC[C@H](C(=O)NNC(=O)CN2CCCc3ccccc32)C1. The van der Waals surface area contributed by atoms with E-state index in [1.165, 1.54) is 12.5 Å². The van der Waals surface area contributed by atoms with Gasteiger partial charge in [0.15, 0.2) is 0 Å². The van der Waals surface area contributed by atoms with E-state index < -0.39 is 0 Å². The molecule has 2 heterocycles. The second kappa shape index (κ2) is 8.21. The molecule has 2 aliphatic rings. The van der Waals surface area contributed by atoms with E-state index >= 15 is 0 Å². The van der Waals surface area contributed by atoms with Crippen LogP contribution in [0.2, 0.25) is 0 Å². The van der Waals surface area contributed by atoms with Crippen LogP contribution in [-0.4, -0.2) is 48.8 Å². The van der Waals surface area contributed by atoms with Crippen molar-refractivity contribution >= 4 is 23.4 Å². The molecule has 140 valence electrons. The Morgan fingerprint density at radius 2 is 1.92 bits per heavy atom. The lowest BCUT2D eigenvalue weighted by Gasteiger charge is -2.32. The smallest absolute Gasteiger partial charge is 0.257 e. The highest BCUT2D eigenvalue weighted by atomic mass is 16.2. The van der Waals surface area contributed by atoms with Gasteiger partial charge in [-0.2, -0.15) is 0 Å². The number of carbonyl (C=O) groups is 3. The highest BCUT2D eigenvalue weighted by Gasteiger charge is 2.27. The number of anilines is 1. The summed E-state index contributed by atoms with van der Waals surface area (Å²) in [5.41, 5.74) is 7.38. The van der Waals surface area contributed by atoms with Crippen LogP contribution in [0.3, 0.4) is 0 Å². The van der Waals surface area contributed by atoms with Crippen LogP contribution < -0.4 is 15.8 Å². The number of para-hydroxylation sites is 1. The maximum absolute atomic E-state index is 12.3. The summed E-state index contributed by atoms with van der Waals surface area (Å²) in [7, 11) is 0. The van der Waals surface area contributed by atoms with Crippen LogP contribution >= 0.6 is 0 Å². The molecule has 0 aromatic heterocycles. The van der Waals surface area contributed by atoms with Crippen molar-refractivity contribution in [1.82, 2.24) is 15.8 Å². The van der Waals surface area contributed by atoms with Gasteiger partial charge < -0.3 is 9.80 Å². The number of benzene rings is 1. The predicted octanol–water partition coefficient (Wildman–Crippen LogP) is 0.845. The summed E-state index contributed by atoms with van der Waals surface area (Å²) in [5.74, 6) is -0.767. The van der Waals surface area contributed by atoms with Crippen molar-refractivity contribution in [2.24, 2.45) is 5.92 Å². The number of nitrogens with zero attached hydrogens (tertiary/aromatic N) is 2. The van der Waals surface area contributed by atoms with Crippen molar-refractivity contribution in [3.8, 4) is 0 Å². The highest BCUT2D eigenvalue weighted by Crippen LogP contribution is 2.26. The summed E-state index contributed by atoms with van der Waals surface area (Å²) < 4.78 is 0. The molecule has 3 rings (SSSR count). The largest absolute Gasteiger partial charge is 0.362 e. The number of carbonyl (C=O) groups excluding carboxylic acids is 3. The minimum atomic E-state index is -0.274. The van der Waals surface area contributed by atoms with Gasteiger partial charge in [-0.3, -0.25) is 25.2 Å². The Kier molecular flexibility index (Phi) is 5.75. The molecule has 1 saturated heterocycles. The molecule has 3 amide bonds. The van der Waals surface area contributed by atoms with Gasteiger partial charge in [-0.05, 0) is 37.3 Å². The number of amides is 3. The molecule has 0 unspecified atom stereocenters. The van der Waals surface area contributed by atoms with Gasteiger partial charge >= 0.3 is 0 Å². The molecule has 1 fully saturated rings. The number of hydrogen-bond donors (Lipinski definition) is 2. The van der Waals surface area contributed by atoms with E-state index in [-0.39, 0.29) is 30.2 Å². The summed E-state index contributed by atoms with van der Waals surface area (Å²) in [6.07, 6.45) is 3.57. The van der Waals surface area contributed by atoms with Crippen LogP contribution in [0.5, 0.6) is 0 Å². The summed E-state index contributed by atoms with van der Waals surface area (Å²) in [5, 5.41) is 0. The molecule has 2 N–H and O–H groups in total. The second-order valence-electron chi connectivity index (χ2n) is 7.00. The zero-order chi connectivity index (χ0) is 18.5. The lowest BCUT2D eigenvalue weighted by molar-refractivity contribution is -0.136. The third-order valence-electron chi connectivity index (χ3n) is 5.10. The molecule has 1 aromatic carbocycles. The summed E-state index contributed by atoms with van der Waals surface area (Å²) in [6.45, 7) is 3.66. The molecule has 0 saturated carbocycles. The molecule has 0 bridgehead atoms. The fourth-order valence-corrected chi connectivity index (χ4v) is 3.70. The number of likely N-dealkylation sites (tertiary alicyclic amines) is 1. The third kappa shape index (κ3) is 4.33. The normalized spacial score (nSPS) is 19.5. The topological polar surface area (TPSA) is 81.8 Å². The number of rotatable bonds is 3. The first-order chi connectivity index (χ1) is 12.5. The Morgan fingerprint density at radius 3 is 2.73 bits per heavy atom. The minimum absolute atomic E-state index is 0.0182. The lowest BCUT2D eigenvalue weighted by Crippen LogP contribution is -2.51. The molecular formula is C19H26N4O3. The molecule has 7 nitrogen and oxygen atoms in total. The van der Waals surface area contributed by atoms with Gasteiger partial charge in [0, 0.05) is 32.2 Å². The van der Waals surface area contributed by atoms with Crippen molar-refractivity contribution < 1.29 is 14.4 Å². The predicted molar refractivity (Wildman–Crippen MR) is 98.2 cm³/mol. The third-order valence-corrected chi connectivity index (χ3v) is 5.10. The van der Waals surface area contributed by atoms with E-state index in [0.29, 0.717) is 13.1 Å².